The Bertz CT molecular complexity index is 765. The lowest BCUT2D eigenvalue weighted by atomic mass is 9.78. The molecule has 1 aliphatic rings. The van der Waals surface area contributed by atoms with Gasteiger partial charge in [0.05, 0.1) is 21.6 Å². The molecule has 0 atom stereocenters. The van der Waals surface area contributed by atoms with Gasteiger partial charge in [0.1, 0.15) is 0 Å². The fraction of sp³-hybridized carbons (Fsp3) is 0.316. The number of hydrogen-bond acceptors (Lipinski definition) is 3. The van der Waals surface area contributed by atoms with Crippen molar-refractivity contribution in [3.05, 3.63) is 69.8 Å². The minimum absolute atomic E-state index is 0.0213. The molecule has 5 nitrogen and oxygen atoms in total. The van der Waals surface area contributed by atoms with E-state index >= 15 is 0 Å². The number of nitrogens with zero attached hydrogens (tertiary/aromatic N) is 1. The van der Waals surface area contributed by atoms with E-state index in [1.165, 1.54) is 6.07 Å². The van der Waals surface area contributed by atoms with Gasteiger partial charge < -0.3 is 5.32 Å². The molecule has 0 saturated heterocycles. The molecule has 124 valence electrons. The third-order valence-electron chi connectivity index (χ3n) is 4.97. The van der Waals surface area contributed by atoms with E-state index in [4.69, 9.17) is 0 Å². The van der Waals surface area contributed by atoms with Crippen molar-refractivity contribution in [3.8, 4) is 0 Å². The second-order valence-corrected chi connectivity index (χ2v) is 6.32. The molecule has 0 spiro atoms. The number of nitro benzene ring substituents is 1. The molecule has 2 aromatic rings. The van der Waals surface area contributed by atoms with Crippen LogP contribution in [0, 0.1) is 17.0 Å². The van der Waals surface area contributed by atoms with Gasteiger partial charge in [-0.05, 0) is 31.4 Å². The first-order valence-electron chi connectivity index (χ1n) is 8.15. The van der Waals surface area contributed by atoms with Crippen LogP contribution in [-0.4, -0.2) is 10.8 Å². The summed E-state index contributed by atoms with van der Waals surface area (Å²) in [6.07, 6.45) is 3.63. The van der Waals surface area contributed by atoms with Crippen molar-refractivity contribution in [3.63, 3.8) is 0 Å². The van der Waals surface area contributed by atoms with Gasteiger partial charge in [-0.25, -0.2) is 0 Å². The van der Waals surface area contributed by atoms with Crippen molar-refractivity contribution in [1.29, 1.82) is 0 Å². The zero-order valence-electron chi connectivity index (χ0n) is 13.6. The summed E-state index contributed by atoms with van der Waals surface area (Å²) in [5, 5.41) is 14.0. The van der Waals surface area contributed by atoms with Crippen LogP contribution in [0.1, 0.15) is 36.8 Å². The molecule has 0 unspecified atom stereocenters. The quantitative estimate of drug-likeness (QED) is 0.671. The average molecular weight is 324 g/mol. The van der Waals surface area contributed by atoms with E-state index < -0.39 is 10.3 Å². The molecule has 0 bridgehead atoms. The first-order valence-corrected chi connectivity index (χ1v) is 8.15. The Kier molecular flexibility index (Phi) is 4.34. The summed E-state index contributed by atoms with van der Waals surface area (Å²) < 4.78 is 0. The number of nitrogens with one attached hydrogen (secondary N) is 1. The molecule has 2 aromatic carbocycles. The summed E-state index contributed by atoms with van der Waals surface area (Å²) in [5.41, 5.74) is 1.49. The summed E-state index contributed by atoms with van der Waals surface area (Å²) in [4.78, 5) is 23.8. The van der Waals surface area contributed by atoms with E-state index in [0.29, 0.717) is 11.3 Å². The topological polar surface area (TPSA) is 72.2 Å². The maximum Gasteiger partial charge on any atom is 0.274 e. The number of carbonyl (C=O) groups is 1. The lowest BCUT2D eigenvalue weighted by molar-refractivity contribution is -0.385. The lowest BCUT2D eigenvalue weighted by Crippen LogP contribution is -2.38. The molecule has 5 heteroatoms. The summed E-state index contributed by atoms with van der Waals surface area (Å²) in [6, 6.07) is 14.6. The normalized spacial score (nSPS) is 15.9. The molecule has 1 fully saturated rings. The van der Waals surface area contributed by atoms with Crippen LogP contribution in [0.2, 0.25) is 0 Å². The molecule has 1 aliphatic carbocycles. The van der Waals surface area contributed by atoms with E-state index in [0.717, 1.165) is 31.2 Å². The van der Waals surface area contributed by atoms with Gasteiger partial charge >= 0.3 is 0 Å². The van der Waals surface area contributed by atoms with Crippen LogP contribution in [0.4, 0.5) is 11.4 Å². The maximum absolute atomic E-state index is 13.1. The fourth-order valence-electron chi connectivity index (χ4n) is 3.58. The number of carbonyl (C=O) groups excluding carboxylic acids is 1. The highest BCUT2D eigenvalue weighted by molar-refractivity contribution is 6.00. The number of rotatable bonds is 4. The van der Waals surface area contributed by atoms with Gasteiger partial charge in [0.25, 0.3) is 5.69 Å². The van der Waals surface area contributed by atoms with Crippen LogP contribution in [0.5, 0.6) is 0 Å². The summed E-state index contributed by atoms with van der Waals surface area (Å²) in [7, 11) is 0. The molecule has 24 heavy (non-hydrogen) atoms. The van der Waals surface area contributed by atoms with E-state index in [1.54, 1.807) is 19.1 Å². The fourth-order valence-corrected chi connectivity index (χ4v) is 3.58. The predicted molar refractivity (Wildman–Crippen MR) is 93.1 cm³/mol. The first kappa shape index (κ1) is 16.2. The zero-order chi connectivity index (χ0) is 17.2. The summed E-state index contributed by atoms with van der Waals surface area (Å²) >= 11 is 0. The molecule has 1 amide bonds. The predicted octanol–water partition coefficient (Wildman–Crippen LogP) is 4.35. The smallest absolute Gasteiger partial charge is 0.274 e. The van der Waals surface area contributed by atoms with Crippen molar-refractivity contribution in [2.24, 2.45) is 0 Å². The number of anilines is 1. The number of amides is 1. The van der Waals surface area contributed by atoms with Gasteiger partial charge in [-0.3, -0.25) is 14.9 Å². The monoisotopic (exact) mass is 324 g/mol. The van der Waals surface area contributed by atoms with Crippen molar-refractivity contribution >= 4 is 17.3 Å². The minimum atomic E-state index is -0.543. The van der Waals surface area contributed by atoms with E-state index in [1.807, 2.05) is 30.3 Å². The molecular formula is C19H20N2O3. The van der Waals surface area contributed by atoms with Gasteiger partial charge in [0.15, 0.2) is 0 Å². The minimum Gasteiger partial charge on any atom is -0.325 e. The zero-order valence-corrected chi connectivity index (χ0v) is 13.6. The van der Waals surface area contributed by atoms with Gasteiger partial charge in [-0.1, -0.05) is 49.2 Å². The molecule has 1 saturated carbocycles. The maximum atomic E-state index is 13.1. The number of nitro groups is 1. The molecule has 0 aliphatic heterocycles. The molecule has 3 rings (SSSR count). The van der Waals surface area contributed by atoms with Gasteiger partial charge in [-0.2, -0.15) is 0 Å². The van der Waals surface area contributed by atoms with Gasteiger partial charge in [0, 0.05) is 6.07 Å². The number of hydrogen-bond donors (Lipinski definition) is 1. The average Bonchev–Trinajstić information content (AvgIpc) is 3.08. The van der Waals surface area contributed by atoms with Crippen molar-refractivity contribution in [2.45, 2.75) is 38.0 Å². The van der Waals surface area contributed by atoms with Gasteiger partial charge in [-0.15, -0.1) is 0 Å². The highest BCUT2D eigenvalue weighted by Crippen LogP contribution is 2.42. The van der Waals surface area contributed by atoms with Crippen molar-refractivity contribution in [2.75, 3.05) is 5.32 Å². The highest BCUT2D eigenvalue weighted by atomic mass is 16.6. The van der Waals surface area contributed by atoms with Crippen LogP contribution >= 0.6 is 0 Å². The van der Waals surface area contributed by atoms with E-state index in [-0.39, 0.29) is 11.6 Å². The first-order chi connectivity index (χ1) is 11.5. The van der Waals surface area contributed by atoms with Crippen LogP contribution < -0.4 is 5.32 Å². The second kappa shape index (κ2) is 6.43. The van der Waals surface area contributed by atoms with Crippen LogP contribution in [0.15, 0.2) is 48.5 Å². The summed E-state index contributed by atoms with van der Waals surface area (Å²) in [6.45, 7) is 1.66. The largest absolute Gasteiger partial charge is 0.325 e. The Labute approximate surface area is 140 Å². The molecule has 0 radical (unpaired) electrons. The van der Waals surface area contributed by atoms with E-state index in [9.17, 15) is 14.9 Å². The second-order valence-electron chi connectivity index (χ2n) is 6.32. The Morgan fingerprint density at radius 2 is 1.75 bits per heavy atom. The van der Waals surface area contributed by atoms with Crippen LogP contribution in [0.3, 0.4) is 0 Å². The summed E-state index contributed by atoms with van der Waals surface area (Å²) in [5.74, 6) is -0.0743. The third-order valence-corrected chi connectivity index (χ3v) is 4.97. The van der Waals surface area contributed by atoms with E-state index in [2.05, 4.69) is 5.32 Å². The number of benzene rings is 2. The third kappa shape index (κ3) is 2.77. The molecular weight excluding hydrogens is 304 g/mol. The Balaban J connectivity index is 1.94. The Morgan fingerprint density at radius 1 is 1.08 bits per heavy atom. The van der Waals surface area contributed by atoms with Gasteiger partial charge in [0.2, 0.25) is 5.91 Å². The van der Waals surface area contributed by atoms with Crippen molar-refractivity contribution in [1.82, 2.24) is 0 Å². The Hall–Kier alpha value is -2.69. The SMILES string of the molecule is Cc1c(NC(=O)C2(c3ccccc3)CCCC2)cccc1[N+](=O)[O-]. The highest BCUT2D eigenvalue weighted by Gasteiger charge is 2.42. The van der Waals surface area contributed by atoms with Crippen LogP contribution in [-0.2, 0) is 10.2 Å². The van der Waals surface area contributed by atoms with Crippen molar-refractivity contribution < 1.29 is 9.72 Å². The van der Waals surface area contributed by atoms with Crippen LogP contribution in [0.25, 0.3) is 0 Å². The Morgan fingerprint density at radius 3 is 2.38 bits per heavy atom. The molecule has 0 heterocycles. The molecule has 0 aromatic heterocycles. The lowest BCUT2D eigenvalue weighted by Gasteiger charge is -2.28. The standard InChI is InChI=1S/C19H20N2O3/c1-14-16(10-7-11-17(14)21(23)24)20-18(22)19(12-5-6-13-19)15-8-3-2-4-9-15/h2-4,7-11H,5-6,12-13H2,1H3,(H,20,22). The molecule has 1 N–H and O–H groups in total.